The van der Waals surface area contributed by atoms with Gasteiger partial charge in [0.1, 0.15) is 12.6 Å². The Kier molecular flexibility index (Phi) is 3.84. The minimum atomic E-state index is -0.455. The Bertz CT molecular complexity index is 232. The fraction of sp³-hybridized carbons (Fsp3) is 0.750. The first kappa shape index (κ1) is 10.9. The topological polar surface area (TPSA) is 98.7 Å². The summed E-state index contributed by atoms with van der Waals surface area (Å²) in [5.74, 6) is -0.656. The second kappa shape index (κ2) is 4.92. The molecule has 0 aromatic heterocycles. The van der Waals surface area contributed by atoms with Crippen molar-refractivity contribution in [2.75, 3.05) is 26.3 Å². The Morgan fingerprint density at radius 3 is 2.64 bits per heavy atom. The van der Waals surface area contributed by atoms with Crippen molar-refractivity contribution < 1.29 is 14.3 Å². The summed E-state index contributed by atoms with van der Waals surface area (Å²) in [5, 5.41) is 0. The average molecular weight is 201 g/mol. The summed E-state index contributed by atoms with van der Waals surface area (Å²) in [6.07, 6.45) is 0.651. The predicted octanol–water partition coefficient (Wildman–Crippen LogP) is -1.95. The van der Waals surface area contributed by atoms with Gasteiger partial charge in [-0.1, -0.05) is 0 Å². The fourth-order valence-corrected chi connectivity index (χ4v) is 1.31. The van der Waals surface area contributed by atoms with Crippen molar-refractivity contribution in [2.45, 2.75) is 12.5 Å². The molecule has 1 rings (SSSR count). The van der Waals surface area contributed by atoms with Crippen LogP contribution in [0, 0.1) is 0 Å². The van der Waals surface area contributed by atoms with E-state index in [9.17, 15) is 9.59 Å². The Morgan fingerprint density at radius 1 is 1.50 bits per heavy atom. The van der Waals surface area contributed by atoms with E-state index in [4.69, 9.17) is 16.2 Å². The molecule has 1 heterocycles. The van der Waals surface area contributed by atoms with Crippen LogP contribution in [0.3, 0.4) is 0 Å². The molecule has 0 aliphatic carbocycles. The van der Waals surface area contributed by atoms with Crippen molar-refractivity contribution in [3.63, 3.8) is 0 Å². The molecular weight excluding hydrogens is 186 g/mol. The molecule has 80 valence electrons. The minimum absolute atomic E-state index is 0.0268. The summed E-state index contributed by atoms with van der Waals surface area (Å²) in [6, 6.07) is -0.441. The van der Waals surface area contributed by atoms with Crippen molar-refractivity contribution in [3.05, 3.63) is 0 Å². The molecule has 0 bridgehead atoms. The van der Waals surface area contributed by atoms with E-state index in [0.29, 0.717) is 26.1 Å². The van der Waals surface area contributed by atoms with Gasteiger partial charge in [0, 0.05) is 13.1 Å². The lowest BCUT2D eigenvalue weighted by atomic mass is 10.0. The monoisotopic (exact) mass is 201 g/mol. The molecule has 1 atom stereocenters. The first-order valence-electron chi connectivity index (χ1n) is 4.53. The lowest BCUT2D eigenvalue weighted by Gasteiger charge is -2.38. The molecule has 4 N–H and O–H groups in total. The van der Waals surface area contributed by atoms with E-state index in [2.05, 4.69) is 0 Å². The van der Waals surface area contributed by atoms with Gasteiger partial charge in [0.15, 0.2) is 0 Å². The molecule has 1 unspecified atom stereocenters. The molecule has 0 aromatic carbocycles. The Labute approximate surface area is 82.2 Å². The Morgan fingerprint density at radius 2 is 2.21 bits per heavy atom. The molecule has 0 spiro atoms. The van der Waals surface area contributed by atoms with E-state index in [1.54, 1.807) is 0 Å². The maximum Gasteiger partial charge on any atom is 0.249 e. The van der Waals surface area contributed by atoms with Crippen LogP contribution in [0.4, 0.5) is 0 Å². The van der Waals surface area contributed by atoms with Crippen molar-refractivity contribution in [3.8, 4) is 0 Å². The van der Waals surface area contributed by atoms with E-state index < -0.39 is 11.9 Å². The van der Waals surface area contributed by atoms with Crippen LogP contribution < -0.4 is 11.5 Å². The second-order valence-corrected chi connectivity index (χ2v) is 3.14. The lowest BCUT2D eigenvalue weighted by Crippen LogP contribution is -2.58. The number of hydrogen-bond acceptors (Lipinski definition) is 4. The molecule has 1 aliphatic heterocycles. The molecule has 1 aliphatic rings. The first-order chi connectivity index (χ1) is 6.66. The van der Waals surface area contributed by atoms with Gasteiger partial charge in [0.25, 0.3) is 0 Å². The Hall–Kier alpha value is -1.14. The highest BCUT2D eigenvalue weighted by molar-refractivity contribution is 5.88. The number of ether oxygens (including phenoxy) is 1. The van der Waals surface area contributed by atoms with Gasteiger partial charge in [-0.2, -0.15) is 0 Å². The van der Waals surface area contributed by atoms with Crippen molar-refractivity contribution in [1.29, 1.82) is 0 Å². The van der Waals surface area contributed by atoms with E-state index in [1.165, 1.54) is 4.90 Å². The third kappa shape index (κ3) is 2.43. The number of carbonyl (C=O) groups is 2. The van der Waals surface area contributed by atoms with Crippen LogP contribution in [-0.4, -0.2) is 49.1 Å². The summed E-state index contributed by atoms with van der Waals surface area (Å²) in [7, 11) is 0. The highest BCUT2D eigenvalue weighted by atomic mass is 16.5. The molecule has 0 radical (unpaired) electrons. The molecule has 0 saturated carbocycles. The van der Waals surface area contributed by atoms with Gasteiger partial charge < -0.3 is 21.1 Å². The number of carbonyl (C=O) groups excluding carboxylic acids is 2. The predicted molar refractivity (Wildman–Crippen MR) is 49.2 cm³/mol. The van der Waals surface area contributed by atoms with Gasteiger partial charge in [-0.3, -0.25) is 9.59 Å². The van der Waals surface area contributed by atoms with Gasteiger partial charge in [-0.05, 0) is 6.42 Å². The highest BCUT2D eigenvalue weighted by Crippen LogP contribution is 2.16. The van der Waals surface area contributed by atoms with Crippen LogP contribution in [0.15, 0.2) is 0 Å². The number of primary amides is 1. The fourth-order valence-electron chi connectivity index (χ4n) is 1.31. The number of hydrogen-bond donors (Lipinski definition) is 2. The van der Waals surface area contributed by atoms with Crippen LogP contribution in [0.25, 0.3) is 0 Å². The smallest absolute Gasteiger partial charge is 0.249 e. The SMILES string of the molecule is NCCOCC(=O)N1CCC1C(N)=O. The van der Waals surface area contributed by atoms with Crippen LogP contribution in [0.2, 0.25) is 0 Å². The zero-order valence-corrected chi connectivity index (χ0v) is 7.94. The highest BCUT2D eigenvalue weighted by Gasteiger charge is 2.35. The third-order valence-electron chi connectivity index (χ3n) is 2.16. The standard InChI is InChI=1S/C8H15N3O3/c9-2-4-14-5-7(12)11-3-1-6(11)8(10)13/h6H,1-5,9H2,(H2,10,13). The van der Waals surface area contributed by atoms with Crippen molar-refractivity contribution in [1.82, 2.24) is 4.90 Å². The quantitative estimate of drug-likeness (QED) is 0.505. The molecule has 1 fully saturated rings. The molecule has 6 nitrogen and oxygen atoms in total. The Balaban J connectivity index is 2.27. The second-order valence-electron chi connectivity index (χ2n) is 3.14. The van der Waals surface area contributed by atoms with Crippen LogP contribution >= 0.6 is 0 Å². The summed E-state index contributed by atoms with van der Waals surface area (Å²) >= 11 is 0. The normalized spacial score (nSPS) is 20.4. The van der Waals surface area contributed by atoms with Gasteiger partial charge in [0.2, 0.25) is 11.8 Å². The summed E-state index contributed by atoms with van der Waals surface area (Å²) in [4.78, 5) is 23.6. The van der Waals surface area contributed by atoms with E-state index >= 15 is 0 Å². The number of amides is 2. The zero-order valence-electron chi connectivity index (χ0n) is 7.94. The largest absolute Gasteiger partial charge is 0.370 e. The molecule has 1 saturated heterocycles. The van der Waals surface area contributed by atoms with Gasteiger partial charge in [-0.15, -0.1) is 0 Å². The van der Waals surface area contributed by atoms with Crippen LogP contribution in [0.5, 0.6) is 0 Å². The molecular formula is C8H15N3O3. The summed E-state index contributed by atoms with van der Waals surface area (Å²) in [6.45, 7) is 1.28. The number of nitrogens with zero attached hydrogens (tertiary/aromatic N) is 1. The third-order valence-corrected chi connectivity index (χ3v) is 2.16. The van der Waals surface area contributed by atoms with E-state index in [1.807, 2.05) is 0 Å². The average Bonchev–Trinajstić information content (AvgIpc) is 2.01. The maximum atomic E-state index is 11.4. The van der Waals surface area contributed by atoms with E-state index in [-0.39, 0.29) is 12.5 Å². The number of likely N-dealkylation sites (tertiary alicyclic amines) is 1. The minimum Gasteiger partial charge on any atom is -0.370 e. The lowest BCUT2D eigenvalue weighted by molar-refractivity contribution is -0.149. The zero-order chi connectivity index (χ0) is 10.6. The molecule has 14 heavy (non-hydrogen) atoms. The molecule has 0 aromatic rings. The van der Waals surface area contributed by atoms with E-state index in [0.717, 1.165) is 0 Å². The van der Waals surface area contributed by atoms with Crippen LogP contribution in [0.1, 0.15) is 6.42 Å². The number of nitrogens with two attached hydrogens (primary N) is 2. The molecule has 2 amide bonds. The summed E-state index contributed by atoms with van der Waals surface area (Å²) < 4.78 is 4.96. The van der Waals surface area contributed by atoms with Crippen molar-refractivity contribution >= 4 is 11.8 Å². The number of rotatable bonds is 5. The first-order valence-corrected chi connectivity index (χ1v) is 4.53. The van der Waals surface area contributed by atoms with Gasteiger partial charge in [0.05, 0.1) is 6.61 Å². The maximum absolute atomic E-state index is 11.4. The van der Waals surface area contributed by atoms with Gasteiger partial charge in [-0.25, -0.2) is 0 Å². The summed E-state index contributed by atoms with van der Waals surface area (Å²) in [5.41, 5.74) is 10.3. The van der Waals surface area contributed by atoms with Crippen molar-refractivity contribution in [2.24, 2.45) is 11.5 Å². The van der Waals surface area contributed by atoms with Crippen LogP contribution in [-0.2, 0) is 14.3 Å². The molecule has 6 heteroatoms. The van der Waals surface area contributed by atoms with Gasteiger partial charge >= 0.3 is 0 Å².